The third-order valence-electron chi connectivity index (χ3n) is 3.76. The summed E-state index contributed by atoms with van der Waals surface area (Å²) in [5.41, 5.74) is 2.59. The molecule has 0 radical (unpaired) electrons. The van der Waals surface area contributed by atoms with Gasteiger partial charge in [-0.25, -0.2) is 15.0 Å². The smallest absolute Gasteiger partial charge is 0.254 e. The van der Waals surface area contributed by atoms with Gasteiger partial charge in [0.05, 0.1) is 24.5 Å². The minimum atomic E-state index is -0.169. The standard InChI is InChI=1S/C17H14N6O3/c24-17(13-3-1-2-12(4-13)16-18-9-21-22-16)23(5-14-7-25-10-19-14)6-15-8-26-11-20-15/h1-4,7-11H,5-6H2,(H,18,21,22). The number of nitrogens with zero attached hydrogens (tertiary/aromatic N) is 5. The fourth-order valence-corrected chi connectivity index (χ4v) is 2.55. The molecule has 0 spiro atoms. The first-order chi connectivity index (χ1) is 12.8. The van der Waals surface area contributed by atoms with Crippen LogP contribution in [0.4, 0.5) is 0 Å². The molecule has 0 fully saturated rings. The van der Waals surface area contributed by atoms with Gasteiger partial charge >= 0.3 is 0 Å². The van der Waals surface area contributed by atoms with Crippen molar-refractivity contribution >= 4 is 5.91 Å². The molecule has 0 saturated heterocycles. The Bertz CT molecular complexity index is 928. The van der Waals surface area contributed by atoms with Crippen molar-refractivity contribution in [2.24, 2.45) is 0 Å². The molecule has 4 aromatic rings. The Kier molecular flexibility index (Phi) is 4.25. The lowest BCUT2D eigenvalue weighted by molar-refractivity contribution is 0.0725. The molecule has 0 unspecified atom stereocenters. The van der Waals surface area contributed by atoms with E-state index in [1.807, 2.05) is 6.07 Å². The van der Waals surface area contributed by atoms with Crippen molar-refractivity contribution in [3.05, 3.63) is 72.9 Å². The Morgan fingerprint density at radius 2 is 1.77 bits per heavy atom. The number of amides is 1. The molecule has 130 valence electrons. The third kappa shape index (κ3) is 3.36. The van der Waals surface area contributed by atoms with Crippen molar-refractivity contribution in [1.29, 1.82) is 0 Å². The number of nitrogens with one attached hydrogen (secondary N) is 1. The molecule has 9 nitrogen and oxygen atoms in total. The molecule has 0 bridgehead atoms. The second-order valence-electron chi connectivity index (χ2n) is 5.54. The molecule has 9 heteroatoms. The Balaban J connectivity index is 1.62. The van der Waals surface area contributed by atoms with Crippen LogP contribution in [0, 0.1) is 0 Å². The highest BCUT2D eigenvalue weighted by Gasteiger charge is 2.19. The van der Waals surface area contributed by atoms with Gasteiger partial charge in [0.2, 0.25) is 0 Å². The van der Waals surface area contributed by atoms with E-state index < -0.39 is 0 Å². The quantitative estimate of drug-likeness (QED) is 0.567. The summed E-state index contributed by atoms with van der Waals surface area (Å²) in [4.78, 5) is 27.0. The number of carbonyl (C=O) groups is 1. The predicted octanol–water partition coefficient (Wildman–Crippen LogP) is 2.29. The summed E-state index contributed by atoms with van der Waals surface area (Å²) in [7, 11) is 0. The van der Waals surface area contributed by atoms with E-state index in [1.165, 1.54) is 31.6 Å². The van der Waals surface area contributed by atoms with E-state index in [9.17, 15) is 4.79 Å². The number of hydrogen-bond acceptors (Lipinski definition) is 7. The first kappa shape index (κ1) is 15.8. The van der Waals surface area contributed by atoms with Gasteiger partial charge < -0.3 is 13.7 Å². The molecule has 0 aliphatic carbocycles. The second kappa shape index (κ2) is 7.01. The van der Waals surface area contributed by atoms with E-state index in [-0.39, 0.29) is 19.0 Å². The van der Waals surface area contributed by atoms with Crippen molar-refractivity contribution in [1.82, 2.24) is 30.0 Å². The minimum Gasteiger partial charge on any atom is -0.451 e. The zero-order valence-electron chi connectivity index (χ0n) is 13.6. The van der Waals surface area contributed by atoms with Crippen LogP contribution in [-0.2, 0) is 13.1 Å². The third-order valence-corrected chi connectivity index (χ3v) is 3.76. The van der Waals surface area contributed by atoms with E-state index in [4.69, 9.17) is 8.83 Å². The summed E-state index contributed by atoms with van der Waals surface area (Å²) in [6.07, 6.45) is 7.10. The minimum absolute atomic E-state index is 0.169. The number of hydrogen-bond donors (Lipinski definition) is 1. The van der Waals surface area contributed by atoms with Crippen LogP contribution in [0.25, 0.3) is 11.4 Å². The normalized spacial score (nSPS) is 10.8. The highest BCUT2D eigenvalue weighted by molar-refractivity contribution is 5.95. The fraction of sp³-hybridized carbons (Fsp3) is 0.118. The topological polar surface area (TPSA) is 114 Å². The lowest BCUT2D eigenvalue weighted by Gasteiger charge is -2.20. The van der Waals surface area contributed by atoms with Gasteiger partial charge in [0.15, 0.2) is 18.6 Å². The molecule has 1 aromatic carbocycles. The van der Waals surface area contributed by atoms with Gasteiger partial charge in [-0.05, 0) is 12.1 Å². The summed E-state index contributed by atoms with van der Waals surface area (Å²) in [6.45, 7) is 0.573. The van der Waals surface area contributed by atoms with Gasteiger partial charge in [-0.2, -0.15) is 5.10 Å². The van der Waals surface area contributed by atoms with Gasteiger partial charge in [-0.15, -0.1) is 0 Å². The van der Waals surface area contributed by atoms with Crippen LogP contribution in [0.5, 0.6) is 0 Å². The van der Waals surface area contributed by atoms with Crippen LogP contribution in [0.3, 0.4) is 0 Å². The fourth-order valence-electron chi connectivity index (χ4n) is 2.55. The lowest BCUT2D eigenvalue weighted by atomic mass is 10.1. The number of aromatic nitrogens is 5. The molecule has 0 aliphatic heterocycles. The van der Waals surface area contributed by atoms with Gasteiger partial charge in [0.25, 0.3) is 5.91 Å². The van der Waals surface area contributed by atoms with Crippen molar-refractivity contribution in [3.8, 4) is 11.4 Å². The summed E-state index contributed by atoms with van der Waals surface area (Å²) < 4.78 is 10.0. The molecular weight excluding hydrogens is 336 g/mol. The number of carbonyl (C=O) groups excluding carboxylic acids is 1. The molecule has 0 aliphatic rings. The van der Waals surface area contributed by atoms with E-state index in [2.05, 4.69) is 25.1 Å². The molecule has 3 aromatic heterocycles. The van der Waals surface area contributed by atoms with Crippen molar-refractivity contribution in [3.63, 3.8) is 0 Å². The number of benzene rings is 1. The zero-order valence-corrected chi connectivity index (χ0v) is 13.6. The second-order valence-corrected chi connectivity index (χ2v) is 5.54. The van der Waals surface area contributed by atoms with Gasteiger partial charge in [-0.1, -0.05) is 12.1 Å². The van der Waals surface area contributed by atoms with Crippen molar-refractivity contribution < 1.29 is 13.6 Å². The highest BCUT2D eigenvalue weighted by atomic mass is 16.3. The Morgan fingerprint density at radius 3 is 2.35 bits per heavy atom. The largest absolute Gasteiger partial charge is 0.451 e. The average molecular weight is 350 g/mol. The van der Waals surface area contributed by atoms with Crippen LogP contribution in [0.15, 0.2) is 64.7 Å². The monoisotopic (exact) mass is 350 g/mol. The first-order valence-corrected chi connectivity index (χ1v) is 7.79. The number of H-pyrrole nitrogens is 1. The molecule has 1 amide bonds. The molecule has 0 saturated carbocycles. The predicted molar refractivity (Wildman–Crippen MR) is 88.4 cm³/mol. The van der Waals surface area contributed by atoms with Crippen molar-refractivity contribution in [2.75, 3.05) is 0 Å². The van der Waals surface area contributed by atoms with Gasteiger partial charge in [0, 0.05) is 11.1 Å². The molecule has 3 heterocycles. The first-order valence-electron chi connectivity index (χ1n) is 7.79. The summed E-state index contributed by atoms with van der Waals surface area (Å²) >= 11 is 0. The SMILES string of the molecule is O=C(c1cccc(-c2ncn[nH]2)c1)N(Cc1cocn1)Cc1cocn1. The summed E-state index contributed by atoms with van der Waals surface area (Å²) in [5, 5.41) is 6.63. The zero-order chi connectivity index (χ0) is 17.8. The summed E-state index contributed by atoms with van der Waals surface area (Å²) in [6, 6.07) is 7.18. The highest BCUT2D eigenvalue weighted by Crippen LogP contribution is 2.18. The van der Waals surface area contributed by atoms with Crippen molar-refractivity contribution in [2.45, 2.75) is 13.1 Å². The van der Waals surface area contributed by atoms with E-state index in [1.54, 1.807) is 23.1 Å². The number of rotatable bonds is 6. The maximum atomic E-state index is 13.1. The lowest BCUT2D eigenvalue weighted by Crippen LogP contribution is -2.30. The van der Waals surface area contributed by atoms with E-state index in [0.717, 1.165) is 5.56 Å². The van der Waals surface area contributed by atoms with Crippen LogP contribution in [0.2, 0.25) is 0 Å². The summed E-state index contributed by atoms with van der Waals surface area (Å²) in [5.74, 6) is 0.427. The maximum Gasteiger partial charge on any atom is 0.254 e. The van der Waals surface area contributed by atoms with E-state index in [0.29, 0.717) is 22.8 Å². The number of aromatic amines is 1. The van der Waals surface area contributed by atoms with Crippen LogP contribution in [0.1, 0.15) is 21.7 Å². The van der Waals surface area contributed by atoms with Crippen LogP contribution in [-0.4, -0.2) is 36.0 Å². The number of oxazole rings is 2. The molecule has 26 heavy (non-hydrogen) atoms. The maximum absolute atomic E-state index is 13.1. The van der Waals surface area contributed by atoms with Crippen LogP contribution >= 0.6 is 0 Å². The Labute approximate surface area is 147 Å². The van der Waals surface area contributed by atoms with Crippen LogP contribution < -0.4 is 0 Å². The molecule has 0 atom stereocenters. The van der Waals surface area contributed by atoms with Gasteiger partial charge in [-0.3, -0.25) is 9.89 Å². The molecular formula is C17H14N6O3. The Hall–Kier alpha value is -3.75. The van der Waals surface area contributed by atoms with E-state index >= 15 is 0 Å². The average Bonchev–Trinajstić information content (AvgIpc) is 3.43. The van der Waals surface area contributed by atoms with Gasteiger partial charge in [0.1, 0.15) is 18.9 Å². The Morgan fingerprint density at radius 1 is 1.04 bits per heavy atom. The molecule has 1 N–H and O–H groups in total. The molecule has 4 rings (SSSR count).